The van der Waals surface area contributed by atoms with Gasteiger partial charge in [-0.3, -0.25) is 0 Å². The lowest BCUT2D eigenvalue weighted by Crippen LogP contribution is -2.19. The average molecular weight is 302 g/mol. The van der Waals surface area contributed by atoms with Crippen LogP contribution >= 0.6 is 0 Å². The summed E-state index contributed by atoms with van der Waals surface area (Å²) in [6.45, 7) is 4.25. The number of aryl methyl sites for hydroxylation is 1. The lowest BCUT2D eigenvalue weighted by Gasteiger charge is -2.33. The molecular weight excluding hydrogens is 271 g/mol. The largest absolute Gasteiger partial charge is 0.207 e. The molecule has 0 saturated heterocycles. The quantitative estimate of drug-likeness (QED) is 0.588. The van der Waals surface area contributed by atoms with Crippen molar-refractivity contribution in [2.75, 3.05) is 0 Å². The fourth-order valence-electron chi connectivity index (χ4n) is 4.63. The third-order valence-corrected chi connectivity index (χ3v) is 6.32. The van der Waals surface area contributed by atoms with Gasteiger partial charge in [-0.15, -0.1) is 0 Å². The summed E-state index contributed by atoms with van der Waals surface area (Å²) >= 11 is 0. The Morgan fingerprint density at radius 1 is 0.909 bits per heavy atom. The second kappa shape index (κ2) is 7.15. The van der Waals surface area contributed by atoms with Crippen molar-refractivity contribution in [3.05, 3.63) is 35.1 Å². The fraction of sp³-hybridized carbons (Fsp3) is 0.714. The molecular formula is C21H31F. The van der Waals surface area contributed by atoms with Gasteiger partial charge in [0, 0.05) is 0 Å². The molecule has 0 aliphatic heterocycles. The van der Waals surface area contributed by atoms with E-state index in [1.54, 1.807) is 6.07 Å². The first-order valence-corrected chi connectivity index (χ1v) is 9.38. The number of hydrogen-bond donors (Lipinski definition) is 0. The highest BCUT2D eigenvalue weighted by atomic mass is 19.1. The van der Waals surface area contributed by atoms with Crippen LogP contribution in [0.15, 0.2) is 18.2 Å². The van der Waals surface area contributed by atoms with Crippen LogP contribution in [0.5, 0.6) is 0 Å². The molecule has 0 N–H and O–H groups in total. The molecule has 1 heteroatoms. The highest BCUT2D eigenvalue weighted by Crippen LogP contribution is 2.41. The minimum absolute atomic E-state index is 0.0315. The normalized spacial score (nSPS) is 32.9. The molecule has 0 radical (unpaired) electrons. The smallest absolute Gasteiger partial charge is 0.126 e. The molecule has 0 bridgehead atoms. The monoisotopic (exact) mass is 302 g/mol. The van der Waals surface area contributed by atoms with Gasteiger partial charge >= 0.3 is 0 Å². The van der Waals surface area contributed by atoms with Crippen LogP contribution in [-0.4, -0.2) is 0 Å². The Morgan fingerprint density at radius 2 is 1.50 bits per heavy atom. The van der Waals surface area contributed by atoms with Crippen molar-refractivity contribution in [2.24, 2.45) is 17.8 Å². The van der Waals surface area contributed by atoms with Gasteiger partial charge in [0.2, 0.25) is 0 Å². The first-order valence-electron chi connectivity index (χ1n) is 9.38. The third-order valence-electron chi connectivity index (χ3n) is 6.32. The number of rotatable bonds is 3. The Labute approximate surface area is 135 Å². The van der Waals surface area contributed by atoms with Gasteiger partial charge in [0.1, 0.15) is 5.82 Å². The lowest BCUT2D eigenvalue weighted by atomic mass is 9.72. The van der Waals surface area contributed by atoms with Crippen molar-refractivity contribution in [1.82, 2.24) is 0 Å². The standard InChI is InChI=1S/C21H31F/c1-15-3-6-17(7-4-15)13-18-8-11-19(12-9-18)20-10-5-16(2)21(22)14-20/h5,10,14-15,17-19H,3-4,6-9,11-13H2,1-2H3. The summed E-state index contributed by atoms with van der Waals surface area (Å²) in [6.07, 6.45) is 12.5. The number of benzene rings is 1. The average Bonchev–Trinajstić information content (AvgIpc) is 2.53. The second-order valence-electron chi connectivity index (χ2n) is 8.09. The molecule has 0 nitrogen and oxygen atoms in total. The molecule has 3 rings (SSSR count). The summed E-state index contributed by atoms with van der Waals surface area (Å²) in [5, 5.41) is 0. The zero-order valence-corrected chi connectivity index (χ0v) is 14.3. The van der Waals surface area contributed by atoms with Crippen molar-refractivity contribution >= 4 is 0 Å². The Balaban J connectivity index is 1.48. The first-order chi connectivity index (χ1) is 10.6. The Kier molecular flexibility index (Phi) is 5.21. The maximum atomic E-state index is 13.8. The second-order valence-corrected chi connectivity index (χ2v) is 8.09. The molecule has 2 aliphatic carbocycles. The van der Waals surface area contributed by atoms with Crippen LogP contribution < -0.4 is 0 Å². The van der Waals surface area contributed by atoms with E-state index in [4.69, 9.17) is 0 Å². The zero-order valence-electron chi connectivity index (χ0n) is 14.3. The third kappa shape index (κ3) is 3.91. The Bertz CT molecular complexity index is 477. The van der Waals surface area contributed by atoms with E-state index in [-0.39, 0.29) is 5.82 Å². The summed E-state index contributed by atoms with van der Waals surface area (Å²) in [4.78, 5) is 0. The van der Waals surface area contributed by atoms with Crippen LogP contribution in [0.1, 0.15) is 81.8 Å². The Hall–Kier alpha value is -0.850. The van der Waals surface area contributed by atoms with Gasteiger partial charge < -0.3 is 0 Å². The molecule has 2 fully saturated rings. The molecule has 0 spiro atoms. The van der Waals surface area contributed by atoms with Gasteiger partial charge in [-0.1, -0.05) is 44.7 Å². The first kappa shape index (κ1) is 16.0. The topological polar surface area (TPSA) is 0 Å². The molecule has 122 valence electrons. The molecule has 22 heavy (non-hydrogen) atoms. The van der Waals surface area contributed by atoms with E-state index in [1.165, 1.54) is 63.4 Å². The summed E-state index contributed by atoms with van der Waals surface area (Å²) in [7, 11) is 0. The van der Waals surface area contributed by atoms with Crippen molar-refractivity contribution < 1.29 is 4.39 Å². The van der Waals surface area contributed by atoms with E-state index < -0.39 is 0 Å². The van der Waals surface area contributed by atoms with Crippen LogP contribution in [0, 0.1) is 30.5 Å². The molecule has 0 heterocycles. The van der Waals surface area contributed by atoms with Crippen LogP contribution in [0.25, 0.3) is 0 Å². The van der Waals surface area contributed by atoms with Crippen LogP contribution in [-0.2, 0) is 0 Å². The molecule has 2 aliphatic rings. The minimum Gasteiger partial charge on any atom is -0.207 e. The van der Waals surface area contributed by atoms with Crippen molar-refractivity contribution in [1.29, 1.82) is 0 Å². The maximum Gasteiger partial charge on any atom is 0.126 e. The van der Waals surface area contributed by atoms with Gasteiger partial charge in [-0.2, -0.15) is 0 Å². The van der Waals surface area contributed by atoms with Crippen molar-refractivity contribution in [3.63, 3.8) is 0 Å². The van der Waals surface area contributed by atoms with E-state index in [1.807, 2.05) is 13.0 Å². The predicted molar refractivity (Wildman–Crippen MR) is 91.6 cm³/mol. The van der Waals surface area contributed by atoms with E-state index in [0.29, 0.717) is 5.92 Å². The summed E-state index contributed by atoms with van der Waals surface area (Å²) < 4.78 is 13.8. The summed E-state index contributed by atoms with van der Waals surface area (Å²) in [5.41, 5.74) is 2.00. The molecule has 0 aromatic heterocycles. The highest BCUT2D eigenvalue weighted by Gasteiger charge is 2.26. The number of hydrogen-bond acceptors (Lipinski definition) is 0. The van der Waals surface area contributed by atoms with E-state index in [2.05, 4.69) is 13.0 Å². The van der Waals surface area contributed by atoms with Crippen molar-refractivity contribution in [3.8, 4) is 0 Å². The molecule has 2 saturated carbocycles. The van der Waals surface area contributed by atoms with Crippen molar-refractivity contribution in [2.45, 2.75) is 77.6 Å². The molecule has 0 atom stereocenters. The SMILES string of the molecule is Cc1ccc(C2CCC(CC3CCC(C)CC3)CC2)cc1F. The maximum absolute atomic E-state index is 13.8. The predicted octanol–water partition coefficient (Wildman–Crippen LogP) is 6.62. The van der Waals surface area contributed by atoms with E-state index in [0.717, 1.165) is 23.3 Å². The lowest BCUT2D eigenvalue weighted by molar-refractivity contribution is 0.211. The summed E-state index contributed by atoms with van der Waals surface area (Å²) in [5.74, 6) is 3.46. The van der Waals surface area contributed by atoms with Gasteiger partial charge in [-0.25, -0.2) is 4.39 Å². The van der Waals surface area contributed by atoms with Gasteiger partial charge in [0.25, 0.3) is 0 Å². The molecule has 1 aromatic rings. The van der Waals surface area contributed by atoms with E-state index in [9.17, 15) is 4.39 Å². The molecule has 1 aromatic carbocycles. The Morgan fingerprint density at radius 3 is 2.09 bits per heavy atom. The summed E-state index contributed by atoms with van der Waals surface area (Å²) in [6, 6.07) is 5.87. The minimum atomic E-state index is -0.0315. The van der Waals surface area contributed by atoms with Gasteiger partial charge in [-0.05, 0) is 79.9 Å². The van der Waals surface area contributed by atoms with Crippen LogP contribution in [0.4, 0.5) is 4.39 Å². The fourth-order valence-corrected chi connectivity index (χ4v) is 4.63. The van der Waals surface area contributed by atoms with Gasteiger partial charge in [0.05, 0.1) is 0 Å². The van der Waals surface area contributed by atoms with Crippen LogP contribution in [0.2, 0.25) is 0 Å². The zero-order chi connectivity index (χ0) is 15.5. The molecule has 0 amide bonds. The number of halogens is 1. The van der Waals surface area contributed by atoms with Crippen LogP contribution in [0.3, 0.4) is 0 Å². The molecule has 0 unspecified atom stereocenters. The highest BCUT2D eigenvalue weighted by molar-refractivity contribution is 5.26. The van der Waals surface area contributed by atoms with Gasteiger partial charge in [0.15, 0.2) is 0 Å². The van der Waals surface area contributed by atoms with E-state index >= 15 is 0 Å².